The van der Waals surface area contributed by atoms with Crippen molar-refractivity contribution in [2.45, 2.75) is 59.8 Å². The first-order valence-corrected chi connectivity index (χ1v) is 11.1. The average Bonchev–Trinajstić information content (AvgIpc) is 3.03. The normalized spacial score (nSPS) is 16.8. The van der Waals surface area contributed by atoms with Gasteiger partial charge in [-0.3, -0.25) is 0 Å². The van der Waals surface area contributed by atoms with Crippen LogP contribution in [0, 0.1) is 22.7 Å². The fourth-order valence-electron chi connectivity index (χ4n) is 3.63. The number of hydrogen-bond donors (Lipinski definition) is 0. The van der Waals surface area contributed by atoms with Crippen LogP contribution in [0.2, 0.25) is 0 Å². The third-order valence-electron chi connectivity index (χ3n) is 5.56. The number of unbranched alkanes of at least 4 members (excludes halogenated alkanes) is 1. The molecule has 0 unspecified atom stereocenters. The molecule has 1 atom stereocenters. The zero-order valence-corrected chi connectivity index (χ0v) is 18.2. The van der Waals surface area contributed by atoms with Crippen molar-refractivity contribution in [3.05, 3.63) is 45.8 Å². The molecule has 0 saturated heterocycles. The number of thiophene rings is 1. The molecule has 0 N–H and O–H groups in total. The van der Waals surface area contributed by atoms with Crippen LogP contribution >= 0.6 is 11.3 Å². The van der Waals surface area contributed by atoms with Gasteiger partial charge in [-0.25, -0.2) is 4.99 Å². The molecule has 2 aromatic rings. The van der Waals surface area contributed by atoms with Crippen molar-refractivity contribution in [2.24, 2.45) is 16.3 Å². The van der Waals surface area contributed by atoms with E-state index in [0.717, 1.165) is 60.6 Å². The molecule has 0 fully saturated rings. The molecule has 4 heteroatoms. The molecule has 3 nitrogen and oxygen atoms in total. The minimum absolute atomic E-state index is 0.304. The summed E-state index contributed by atoms with van der Waals surface area (Å²) in [6.45, 7) is 9.86. The van der Waals surface area contributed by atoms with E-state index in [1.807, 2.05) is 30.5 Å². The quantitative estimate of drug-likeness (QED) is 0.404. The Morgan fingerprint density at radius 1 is 1.29 bits per heavy atom. The van der Waals surface area contributed by atoms with Gasteiger partial charge in [-0.2, -0.15) is 5.26 Å². The molecule has 0 bridgehead atoms. The summed E-state index contributed by atoms with van der Waals surface area (Å²) in [6, 6.07) is 10.4. The van der Waals surface area contributed by atoms with Crippen LogP contribution < -0.4 is 4.74 Å². The number of benzene rings is 1. The van der Waals surface area contributed by atoms with Gasteiger partial charge in [0.1, 0.15) is 16.8 Å². The van der Waals surface area contributed by atoms with Gasteiger partial charge in [-0.05, 0) is 72.4 Å². The highest BCUT2D eigenvalue weighted by Gasteiger charge is 2.32. The Morgan fingerprint density at radius 2 is 2.04 bits per heavy atom. The average molecular weight is 395 g/mol. The highest BCUT2D eigenvalue weighted by molar-refractivity contribution is 7.16. The fourth-order valence-corrected chi connectivity index (χ4v) is 4.86. The topological polar surface area (TPSA) is 45.4 Å². The Balaban J connectivity index is 1.74. The van der Waals surface area contributed by atoms with Crippen LogP contribution in [0.5, 0.6) is 5.75 Å². The van der Waals surface area contributed by atoms with Gasteiger partial charge in [0, 0.05) is 11.1 Å². The van der Waals surface area contributed by atoms with Gasteiger partial charge >= 0.3 is 0 Å². The van der Waals surface area contributed by atoms with E-state index in [9.17, 15) is 5.26 Å². The number of rotatable bonds is 6. The first-order chi connectivity index (χ1) is 13.4. The zero-order valence-electron chi connectivity index (χ0n) is 17.4. The predicted molar refractivity (Wildman–Crippen MR) is 118 cm³/mol. The molecule has 0 saturated carbocycles. The second-order valence-electron chi connectivity index (χ2n) is 8.63. The molecule has 1 heterocycles. The maximum atomic E-state index is 9.69. The van der Waals surface area contributed by atoms with Gasteiger partial charge in [0.2, 0.25) is 0 Å². The maximum Gasteiger partial charge on any atom is 0.134 e. The molecule has 0 aliphatic heterocycles. The molecular formula is C24H30N2OS. The summed E-state index contributed by atoms with van der Waals surface area (Å²) in [4.78, 5) is 6.03. The SMILES string of the molecule is CCCCOc1ccc(C=Nc2sc3c(c2C#N)CC[C@H](C(C)(C)C)C3)cc1. The van der Waals surface area contributed by atoms with E-state index in [2.05, 4.69) is 38.8 Å². The van der Waals surface area contributed by atoms with Crippen LogP contribution in [-0.4, -0.2) is 12.8 Å². The first-order valence-electron chi connectivity index (χ1n) is 10.2. The standard InChI is InChI=1S/C24H30N2OS/c1-5-6-13-27-19-10-7-17(8-11-19)16-26-23-21(15-25)20-12-9-18(24(2,3)4)14-22(20)28-23/h7-8,10-11,16,18H,5-6,9,12-14H2,1-4H3/t18-/m0/s1. The molecular weight excluding hydrogens is 364 g/mol. The van der Waals surface area contributed by atoms with Crippen molar-refractivity contribution >= 4 is 22.6 Å². The Kier molecular flexibility index (Phi) is 6.57. The van der Waals surface area contributed by atoms with Gasteiger partial charge in [-0.15, -0.1) is 11.3 Å². The van der Waals surface area contributed by atoms with E-state index in [1.165, 1.54) is 10.4 Å². The summed E-state index contributed by atoms with van der Waals surface area (Å²) in [5.74, 6) is 1.56. The van der Waals surface area contributed by atoms with Crippen LogP contribution in [0.4, 0.5) is 5.00 Å². The lowest BCUT2D eigenvalue weighted by Crippen LogP contribution is -2.26. The Bertz CT molecular complexity index is 866. The highest BCUT2D eigenvalue weighted by Crippen LogP contribution is 2.44. The molecule has 1 aromatic carbocycles. The van der Waals surface area contributed by atoms with Crippen LogP contribution in [-0.2, 0) is 12.8 Å². The lowest BCUT2D eigenvalue weighted by atomic mass is 9.72. The first kappa shape index (κ1) is 20.6. The van der Waals surface area contributed by atoms with E-state index in [4.69, 9.17) is 4.74 Å². The smallest absolute Gasteiger partial charge is 0.134 e. The summed E-state index contributed by atoms with van der Waals surface area (Å²) < 4.78 is 5.71. The van der Waals surface area contributed by atoms with Gasteiger partial charge in [0.25, 0.3) is 0 Å². The second-order valence-corrected chi connectivity index (χ2v) is 9.71. The molecule has 1 aromatic heterocycles. The van der Waals surface area contributed by atoms with Crippen LogP contribution in [0.3, 0.4) is 0 Å². The molecule has 0 amide bonds. The van der Waals surface area contributed by atoms with Crippen molar-refractivity contribution < 1.29 is 4.74 Å². The molecule has 0 radical (unpaired) electrons. The molecule has 28 heavy (non-hydrogen) atoms. The molecule has 148 valence electrons. The minimum Gasteiger partial charge on any atom is -0.494 e. The van der Waals surface area contributed by atoms with E-state index >= 15 is 0 Å². The van der Waals surface area contributed by atoms with E-state index in [1.54, 1.807) is 11.3 Å². The Morgan fingerprint density at radius 3 is 2.68 bits per heavy atom. The summed E-state index contributed by atoms with van der Waals surface area (Å²) in [5.41, 5.74) is 3.34. The fraction of sp³-hybridized carbons (Fsp3) is 0.500. The predicted octanol–water partition coefficient (Wildman–Crippen LogP) is 6.70. The lowest BCUT2D eigenvalue weighted by molar-refractivity contribution is 0.218. The van der Waals surface area contributed by atoms with Gasteiger partial charge in [0.15, 0.2) is 0 Å². The number of hydrogen-bond acceptors (Lipinski definition) is 4. The van der Waals surface area contributed by atoms with Crippen molar-refractivity contribution in [3.63, 3.8) is 0 Å². The summed E-state index contributed by atoms with van der Waals surface area (Å²) in [6.07, 6.45) is 7.28. The number of ether oxygens (including phenoxy) is 1. The summed E-state index contributed by atoms with van der Waals surface area (Å²) in [5, 5.41) is 10.5. The highest BCUT2D eigenvalue weighted by atomic mass is 32.1. The van der Waals surface area contributed by atoms with Crippen LogP contribution in [0.15, 0.2) is 29.3 Å². The number of nitrogens with zero attached hydrogens (tertiary/aromatic N) is 2. The van der Waals surface area contributed by atoms with Crippen molar-refractivity contribution in [1.29, 1.82) is 5.26 Å². The summed E-state index contributed by atoms with van der Waals surface area (Å²) >= 11 is 1.70. The summed E-state index contributed by atoms with van der Waals surface area (Å²) in [7, 11) is 0. The number of nitriles is 1. The van der Waals surface area contributed by atoms with Crippen molar-refractivity contribution in [1.82, 2.24) is 0 Å². The van der Waals surface area contributed by atoms with E-state index in [-0.39, 0.29) is 0 Å². The monoisotopic (exact) mass is 394 g/mol. The van der Waals surface area contributed by atoms with Gasteiger partial charge in [-0.1, -0.05) is 34.1 Å². The largest absolute Gasteiger partial charge is 0.494 e. The van der Waals surface area contributed by atoms with Crippen molar-refractivity contribution in [3.8, 4) is 11.8 Å². The van der Waals surface area contributed by atoms with E-state index in [0.29, 0.717) is 11.3 Å². The molecule has 0 spiro atoms. The number of fused-ring (bicyclic) bond motifs is 1. The minimum atomic E-state index is 0.304. The third kappa shape index (κ3) is 4.83. The number of aliphatic imine (C=N–C) groups is 1. The van der Waals surface area contributed by atoms with Crippen LogP contribution in [0.1, 0.15) is 68.5 Å². The van der Waals surface area contributed by atoms with Gasteiger partial charge < -0.3 is 4.74 Å². The second kappa shape index (κ2) is 8.92. The van der Waals surface area contributed by atoms with Gasteiger partial charge in [0.05, 0.1) is 12.2 Å². The molecule has 1 aliphatic rings. The molecule has 1 aliphatic carbocycles. The third-order valence-corrected chi connectivity index (χ3v) is 6.72. The lowest BCUT2D eigenvalue weighted by Gasteiger charge is -2.33. The van der Waals surface area contributed by atoms with E-state index < -0.39 is 0 Å². The maximum absolute atomic E-state index is 9.69. The molecule has 3 rings (SSSR count). The Labute approximate surface area is 173 Å². The zero-order chi connectivity index (χ0) is 20.1. The van der Waals surface area contributed by atoms with Crippen molar-refractivity contribution in [2.75, 3.05) is 6.61 Å². The Hall–Kier alpha value is -2.12. The van der Waals surface area contributed by atoms with Crippen LogP contribution in [0.25, 0.3) is 0 Å².